The van der Waals surface area contributed by atoms with Crippen LogP contribution in [-0.4, -0.2) is 38.0 Å². The van der Waals surface area contributed by atoms with Gasteiger partial charge in [-0.2, -0.15) is 0 Å². The molecular formula is C31H46O4. The van der Waals surface area contributed by atoms with E-state index >= 15 is 0 Å². The maximum atomic E-state index is 11.9. The fraction of sp³-hybridized carbons (Fsp3) is 0.645. The van der Waals surface area contributed by atoms with Gasteiger partial charge >= 0.3 is 5.97 Å². The molecule has 4 nitrogen and oxygen atoms in total. The molecule has 3 rings (SSSR count). The lowest BCUT2D eigenvalue weighted by molar-refractivity contribution is -0.140. The second-order valence-electron chi connectivity index (χ2n) is 10.7. The van der Waals surface area contributed by atoms with Crippen molar-refractivity contribution in [3.63, 3.8) is 0 Å². The fourth-order valence-electron chi connectivity index (χ4n) is 5.93. The van der Waals surface area contributed by atoms with E-state index in [9.17, 15) is 4.79 Å². The number of carbonyl (C=O) groups excluding carboxylic acids is 1. The minimum atomic E-state index is -0.558. The minimum Gasteiger partial charge on any atom is -0.462 e. The van der Waals surface area contributed by atoms with Gasteiger partial charge in [-0.3, -0.25) is 0 Å². The molecule has 0 aliphatic heterocycles. The van der Waals surface area contributed by atoms with Crippen LogP contribution in [0, 0.1) is 17.8 Å². The second kappa shape index (κ2) is 14.6. The van der Waals surface area contributed by atoms with Crippen LogP contribution in [0.1, 0.15) is 94.6 Å². The molecule has 0 bridgehead atoms. The van der Waals surface area contributed by atoms with Gasteiger partial charge in [0.1, 0.15) is 6.61 Å². The number of esters is 1. The van der Waals surface area contributed by atoms with Crippen molar-refractivity contribution in [3.8, 4) is 0 Å². The molecule has 2 aliphatic rings. The number of aliphatic hydroxyl groups is 1. The lowest BCUT2D eigenvalue weighted by Gasteiger charge is -2.35. The molecular weight excluding hydrogens is 436 g/mol. The van der Waals surface area contributed by atoms with Gasteiger partial charge in [-0.15, -0.1) is 0 Å². The summed E-state index contributed by atoms with van der Waals surface area (Å²) < 4.78 is 10.7. The molecule has 0 heterocycles. The molecule has 0 aromatic heterocycles. The highest BCUT2D eigenvalue weighted by molar-refractivity contribution is 5.87. The van der Waals surface area contributed by atoms with Gasteiger partial charge < -0.3 is 14.6 Å². The van der Waals surface area contributed by atoms with E-state index in [0.29, 0.717) is 6.61 Å². The average Bonchev–Trinajstić information content (AvgIpc) is 2.91. The number of rotatable bonds is 13. The molecule has 0 amide bonds. The van der Waals surface area contributed by atoms with Crippen molar-refractivity contribution in [2.45, 2.75) is 83.5 Å². The number of hydrogen-bond acceptors (Lipinski definition) is 4. The third kappa shape index (κ3) is 8.32. The summed E-state index contributed by atoms with van der Waals surface area (Å²) in [4.78, 5) is 11.9. The molecule has 2 atom stereocenters. The summed E-state index contributed by atoms with van der Waals surface area (Å²) in [5.41, 5.74) is 3.92. The van der Waals surface area contributed by atoms with Crippen molar-refractivity contribution in [1.82, 2.24) is 0 Å². The second-order valence-corrected chi connectivity index (χ2v) is 10.7. The summed E-state index contributed by atoms with van der Waals surface area (Å²) in [6.45, 7) is 6.10. The van der Waals surface area contributed by atoms with Crippen LogP contribution in [0.5, 0.6) is 0 Å². The van der Waals surface area contributed by atoms with Crippen molar-refractivity contribution >= 4 is 11.5 Å². The van der Waals surface area contributed by atoms with E-state index in [2.05, 4.69) is 43.8 Å². The zero-order valence-electron chi connectivity index (χ0n) is 22.0. The van der Waals surface area contributed by atoms with E-state index in [0.717, 1.165) is 23.3 Å². The number of ether oxygens (including phenoxy) is 2. The lowest BCUT2D eigenvalue weighted by Crippen LogP contribution is -2.23. The number of aliphatic hydroxyl groups excluding tert-OH is 1. The van der Waals surface area contributed by atoms with Crippen LogP contribution in [0.25, 0.3) is 5.57 Å². The third-order valence-electron chi connectivity index (χ3n) is 8.24. The minimum absolute atomic E-state index is 0.0497. The monoisotopic (exact) mass is 482 g/mol. The molecule has 0 saturated heterocycles. The van der Waals surface area contributed by atoms with E-state index in [1.807, 2.05) is 0 Å². The van der Waals surface area contributed by atoms with Crippen LogP contribution in [0.3, 0.4) is 0 Å². The van der Waals surface area contributed by atoms with Crippen LogP contribution >= 0.6 is 0 Å². The molecule has 35 heavy (non-hydrogen) atoms. The molecule has 1 saturated carbocycles. The van der Waals surface area contributed by atoms with Crippen molar-refractivity contribution in [3.05, 3.63) is 53.6 Å². The van der Waals surface area contributed by atoms with Crippen molar-refractivity contribution in [2.24, 2.45) is 17.8 Å². The van der Waals surface area contributed by atoms with Gasteiger partial charge in [0, 0.05) is 13.0 Å². The first-order chi connectivity index (χ1) is 17.0. The summed E-state index contributed by atoms with van der Waals surface area (Å²) in [6.07, 6.45) is 17.6. The van der Waals surface area contributed by atoms with Crippen LogP contribution in [0.15, 0.2) is 42.5 Å². The Morgan fingerprint density at radius 1 is 1.06 bits per heavy atom. The fourth-order valence-corrected chi connectivity index (χ4v) is 5.93. The predicted octanol–water partition coefficient (Wildman–Crippen LogP) is 7.08. The Balaban J connectivity index is 1.50. The van der Waals surface area contributed by atoms with Crippen molar-refractivity contribution in [1.29, 1.82) is 0 Å². The summed E-state index contributed by atoms with van der Waals surface area (Å²) >= 11 is 0. The highest BCUT2D eigenvalue weighted by atomic mass is 16.5. The molecule has 1 N–H and O–H groups in total. The summed E-state index contributed by atoms with van der Waals surface area (Å²) in [6, 6.07) is 8.64. The standard InChI is InChI=1S/C31H46O4/c1-4-5-6-7-24-8-10-25(11-9-24)26-12-14-27(15-13-26)28-16-18-29(19-17-28)30(21-34-3)22-35-31(33)23(2)20-32/h14,16-19,24-26,30,32H,2,4-13,15,20-22H2,1,3H3. The summed E-state index contributed by atoms with van der Waals surface area (Å²) in [5.74, 6) is 2.18. The van der Waals surface area contributed by atoms with Crippen LogP contribution in [0.2, 0.25) is 0 Å². The van der Waals surface area contributed by atoms with Crippen molar-refractivity contribution in [2.75, 3.05) is 26.9 Å². The number of methoxy groups -OCH3 is 1. The van der Waals surface area contributed by atoms with E-state index < -0.39 is 12.6 Å². The summed E-state index contributed by atoms with van der Waals surface area (Å²) in [5, 5.41) is 9.05. The molecule has 2 aliphatic carbocycles. The molecule has 1 aromatic rings. The largest absolute Gasteiger partial charge is 0.462 e. The van der Waals surface area contributed by atoms with E-state index in [1.165, 1.54) is 81.8 Å². The Labute approximate surface area is 212 Å². The number of unbranched alkanes of at least 4 members (excludes halogenated alkanes) is 2. The van der Waals surface area contributed by atoms with Crippen LogP contribution < -0.4 is 0 Å². The van der Waals surface area contributed by atoms with Gasteiger partial charge in [-0.25, -0.2) is 4.79 Å². The van der Waals surface area contributed by atoms with Gasteiger partial charge in [-0.1, -0.05) is 82.4 Å². The lowest BCUT2D eigenvalue weighted by atomic mass is 9.70. The number of allylic oxidation sites excluding steroid dienone is 2. The molecule has 0 radical (unpaired) electrons. The Hall–Kier alpha value is -1.91. The first-order valence-corrected chi connectivity index (χ1v) is 13.8. The average molecular weight is 483 g/mol. The normalized spacial score (nSPS) is 23.4. The summed E-state index contributed by atoms with van der Waals surface area (Å²) in [7, 11) is 1.65. The Morgan fingerprint density at radius 3 is 2.40 bits per heavy atom. The highest BCUT2D eigenvalue weighted by Gasteiger charge is 2.28. The number of benzene rings is 1. The van der Waals surface area contributed by atoms with Gasteiger partial charge in [-0.05, 0) is 66.6 Å². The Morgan fingerprint density at radius 2 is 1.80 bits per heavy atom. The zero-order valence-corrected chi connectivity index (χ0v) is 22.0. The van der Waals surface area contributed by atoms with Gasteiger partial charge in [0.15, 0.2) is 0 Å². The number of carbonyl (C=O) groups is 1. The SMILES string of the molecule is C=C(CO)C(=O)OCC(COC)c1ccc(C2=CCC(C3CCC(CCCCC)CC3)CC2)cc1. The molecule has 4 heteroatoms. The topological polar surface area (TPSA) is 55.8 Å². The van der Waals surface area contributed by atoms with Gasteiger partial charge in [0.05, 0.1) is 18.8 Å². The molecule has 1 aromatic carbocycles. The molecule has 1 fully saturated rings. The first-order valence-electron chi connectivity index (χ1n) is 13.8. The predicted molar refractivity (Wildman–Crippen MR) is 143 cm³/mol. The van der Waals surface area contributed by atoms with Crippen molar-refractivity contribution < 1.29 is 19.4 Å². The van der Waals surface area contributed by atoms with E-state index in [4.69, 9.17) is 14.6 Å². The Kier molecular flexibility index (Phi) is 11.5. The molecule has 194 valence electrons. The zero-order chi connectivity index (χ0) is 25.0. The molecule has 0 spiro atoms. The van der Waals surface area contributed by atoms with E-state index in [-0.39, 0.29) is 18.1 Å². The van der Waals surface area contributed by atoms with Crippen LogP contribution in [0.4, 0.5) is 0 Å². The van der Waals surface area contributed by atoms with Crippen LogP contribution in [-0.2, 0) is 14.3 Å². The van der Waals surface area contributed by atoms with E-state index in [1.54, 1.807) is 7.11 Å². The van der Waals surface area contributed by atoms with Gasteiger partial charge in [0.2, 0.25) is 0 Å². The Bertz CT molecular complexity index is 817. The molecule has 2 unspecified atom stereocenters. The smallest absolute Gasteiger partial charge is 0.335 e. The number of hydrogen-bond donors (Lipinski definition) is 1. The third-order valence-corrected chi connectivity index (χ3v) is 8.24. The maximum Gasteiger partial charge on any atom is 0.335 e. The first kappa shape index (κ1) is 27.7. The maximum absolute atomic E-state index is 11.9. The highest BCUT2D eigenvalue weighted by Crippen LogP contribution is 2.42. The van der Waals surface area contributed by atoms with Gasteiger partial charge in [0.25, 0.3) is 0 Å². The quantitative estimate of drug-likeness (QED) is 0.185.